The van der Waals surface area contributed by atoms with Crippen LogP contribution in [-0.4, -0.2) is 71.6 Å². The van der Waals surface area contributed by atoms with E-state index in [2.05, 4.69) is 11.4 Å². The van der Waals surface area contributed by atoms with Gasteiger partial charge in [0.25, 0.3) is 0 Å². The van der Waals surface area contributed by atoms with Gasteiger partial charge in [-0.3, -0.25) is 9.59 Å². The lowest BCUT2D eigenvalue weighted by molar-refractivity contribution is -0.150. The Hall–Kier alpha value is -4.54. The van der Waals surface area contributed by atoms with Gasteiger partial charge in [-0.15, -0.1) is 0 Å². The van der Waals surface area contributed by atoms with Crippen molar-refractivity contribution in [3.05, 3.63) is 59.9 Å². The summed E-state index contributed by atoms with van der Waals surface area (Å²) < 4.78 is 31.7. The fourth-order valence-electron chi connectivity index (χ4n) is 6.95. The molecule has 0 radical (unpaired) electrons. The molecule has 2 fully saturated rings. The van der Waals surface area contributed by atoms with Crippen LogP contribution in [0, 0.1) is 30.5 Å². The molecule has 0 spiro atoms. The number of methoxy groups -OCH3 is 1. The second kappa shape index (κ2) is 13.3. The molecule has 248 valence electrons. The summed E-state index contributed by atoms with van der Waals surface area (Å²) in [6, 6.07) is 9.65. The van der Waals surface area contributed by atoms with Gasteiger partial charge < -0.3 is 24.4 Å². The number of nitrogens with zero attached hydrogens (tertiary/aromatic N) is 3. The molecule has 3 aliphatic rings. The van der Waals surface area contributed by atoms with Crippen molar-refractivity contribution in [2.45, 2.75) is 64.0 Å². The zero-order chi connectivity index (χ0) is 33.3. The average molecular weight is 645 g/mol. The fourth-order valence-corrected chi connectivity index (χ4v) is 6.95. The van der Waals surface area contributed by atoms with Gasteiger partial charge in [-0.05, 0) is 76.6 Å². The van der Waals surface area contributed by atoms with Gasteiger partial charge in [0.05, 0.1) is 36.5 Å². The molecule has 3 aromatic rings. The van der Waals surface area contributed by atoms with Gasteiger partial charge in [-0.1, -0.05) is 24.3 Å². The number of esters is 1. The first-order valence-electron chi connectivity index (χ1n) is 16.3. The highest BCUT2D eigenvalue weighted by atomic mass is 19.1. The van der Waals surface area contributed by atoms with Crippen molar-refractivity contribution in [1.82, 2.24) is 20.2 Å². The molecule has 0 unspecified atom stereocenters. The minimum atomic E-state index is -1.13. The van der Waals surface area contributed by atoms with Crippen molar-refractivity contribution in [2.75, 3.05) is 27.3 Å². The van der Waals surface area contributed by atoms with E-state index in [4.69, 9.17) is 24.2 Å². The molecule has 47 heavy (non-hydrogen) atoms. The number of fused-ring (bicyclic) bond motifs is 3. The SMILES string of the molecule is CCOC(=O)[C@@]12C[C@H]1C=CCCCCN(C)C(=O)[C@@H]1C[C@H](Oc3nc(-c4cccc(F)c4)nc4c(C)c(OC)ccc34)C[C@H]1C(=O)N2. The zero-order valence-corrected chi connectivity index (χ0v) is 27.3. The van der Waals surface area contributed by atoms with Crippen LogP contribution in [0.5, 0.6) is 11.6 Å². The number of hydrogen-bond acceptors (Lipinski definition) is 8. The molecular formula is C36H41FN4O6. The molecular weight excluding hydrogens is 603 g/mol. The van der Waals surface area contributed by atoms with Crippen molar-refractivity contribution in [2.24, 2.45) is 17.8 Å². The van der Waals surface area contributed by atoms with Crippen LogP contribution in [0.4, 0.5) is 4.39 Å². The third-order valence-electron chi connectivity index (χ3n) is 9.65. The third-order valence-corrected chi connectivity index (χ3v) is 9.65. The molecule has 11 heteroatoms. The molecule has 2 aliphatic carbocycles. The Morgan fingerprint density at radius 2 is 1.94 bits per heavy atom. The minimum absolute atomic E-state index is 0.130. The van der Waals surface area contributed by atoms with E-state index in [1.165, 1.54) is 12.1 Å². The Bertz CT molecular complexity index is 1730. The van der Waals surface area contributed by atoms with Gasteiger partial charge in [-0.2, -0.15) is 4.98 Å². The van der Waals surface area contributed by atoms with Gasteiger partial charge in [-0.25, -0.2) is 14.2 Å². The standard InChI is InChI=1S/C36H41FN4O6/c1-5-46-35(44)36-20-23(36)12-8-6-7-9-16-41(3)34(43)28-19-25(18-27(28)32(42)40-36)47-33-26-14-15-29(45-4)21(2)30(26)38-31(39-33)22-11-10-13-24(37)17-22/h8,10-15,17,23,25,27-28H,5-7,9,16,18-20H2,1-4H3,(H,40,42)/t23-,25-,27-,28-,36-/m1/s1. The van der Waals surface area contributed by atoms with Gasteiger partial charge >= 0.3 is 5.97 Å². The molecule has 2 saturated carbocycles. The number of rotatable bonds is 6. The first-order chi connectivity index (χ1) is 22.6. The van der Waals surface area contributed by atoms with Crippen LogP contribution in [0.15, 0.2) is 48.6 Å². The highest BCUT2D eigenvalue weighted by molar-refractivity contribution is 5.95. The number of carbonyl (C=O) groups excluding carboxylic acids is 3. The van der Waals surface area contributed by atoms with E-state index in [1.807, 2.05) is 25.1 Å². The van der Waals surface area contributed by atoms with E-state index in [0.29, 0.717) is 35.2 Å². The monoisotopic (exact) mass is 644 g/mol. The lowest BCUT2D eigenvalue weighted by Gasteiger charge is -2.26. The molecule has 1 aliphatic heterocycles. The number of halogens is 1. The first kappa shape index (κ1) is 32.4. The van der Waals surface area contributed by atoms with Crippen LogP contribution >= 0.6 is 0 Å². The number of amides is 2. The van der Waals surface area contributed by atoms with Crippen molar-refractivity contribution in [3.63, 3.8) is 0 Å². The molecule has 2 heterocycles. The summed E-state index contributed by atoms with van der Waals surface area (Å²) in [6.07, 6.45) is 7.04. The Morgan fingerprint density at radius 3 is 2.70 bits per heavy atom. The summed E-state index contributed by atoms with van der Waals surface area (Å²) in [7, 11) is 3.35. The third kappa shape index (κ3) is 6.40. The number of aryl methyl sites for hydroxylation is 1. The predicted octanol–water partition coefficient (Wildman–Crippen LogP) is 5.16. The number of aromatic nitrogens is 2. The predicted molar refractivity (Wildman–Crippen MR) is 173 cm³/mol. The highest BCUT2D eigenvalue weighted by Gasteiger charge is 2.62. The lowest BCUT2D eigenvalue weighted by Crippen LogP contribution is -2.50. The summed E-state index contributed by atoms with van der Waals surface area (Å²) in [6.45, 7) is 4.40. The summed E-state index contributed by atoms with van der Waals surface area (Å²) in [4.78, 5) is 52.2. The fraction of sp³-hybridized carbons (Fsp3) is 0.472. The van der Waals surface area contributed by atoms with Crippen LogP contribution in [-0.2, 0) is 19.1 Å². The number of hydrogen-bond donors (Lipinski definition) is 1. The van der Waals surface area contributed by atoms with Crippen molar-refractivity contribution in [1.29, 1.82) is 0 Å². The second-order valence-corrected chi connectivity index (χ2v) is 12.8. The van der Waals surface area contributed by atoms with Gasteiger partial charge in [0.15, 0.2) is 5.82 Å². The Morgan fingerprint density at radius 1 is 1.13 bits per heavy atom. The van der Waals surface area contributed by atoms with Crippen molar-refractivity contribution >= 4 is 28.7 Å². The van der Waals surface area contributed by atoms with Crippen LogP contribution in [0.2, 0.25) is 0 Å². The highest BCUT2D eigenvalue weighted by Crippen LogP contribution is 2.47. The minimum Gasteiger partial charge on any atom is -0.496 e. The van der Waals surface area contributed by atoms with E-state index in [1.54, 1.807) is 38.1 Å². The Kier molecular flexibility index (Phi) is 9.16. The molecule has 5 atom stereocenters. The summed E-state index contributed by atoms with van der Waals surface area (Å²) in [5, 5.41) is 3.65. The molecule has 2 amide bonds. The van der Waals surface area contributed by atoms with Crippen LogP contribution in [0.1, 0.15) is 51.0 Å². The average Bonchev–Trinajstić information content (AvgIpc) is 3.59. The van der Waals surface area contributed by atoms with Crippen LogP contribution < -0.4 is 14.8 Å². The molecule has 6 rings (SSSR count). The van der Waals surface area contributed by atoms with E-state index < -0.39 is 35.3 Å². The summed E-state index contributed by atoms with van der Waals surface area (Å²) in [5.41, 5.74) is 0.698. The number of carbonyl (C=O) groups is 3. The number of benzene rings is 2. The molecule has 1 N–H and O–H groups in total. The molecule has 10 nitrogen and oxygen atoms in total. The Balaban J connectivity index is 1.35. The van der Waals surface area contributed by atoms with Crippen LogP contribution in [0.25, 0.3) is 22.3 Å². The number of allylic oxidation sites excluding steroid dienone is 1. The van der Waals surface area contributed by atoms with E-state index >= 15 is 0 Å². The maximum atomic E-state index is 14.2. The smallest absolute Gasteiger partial charge is 0.332 e. The maximum absolute atomic E-state index is 14.2. The van der Waals surface area contributed by atoms with Crippen molar-refractivity contribution in [3.8, 4) is 23.0 Å². The largest absolute Gasteiger partial charge is 0.496 e. The topological polar surface area (TPSA) is 120 Å². The molecule has 1 aromatic heterocycles. The Labute approximate surface area is 273 Å². The summed E-state index contributed by atoms with van der Waals surface area (Å²) in [5.74, 6) is -1.74. The number of nitrogens with one attached hydrogen (secondary N) is 1. The first-order valence-corrected chi connectivity index (χ1v) is 16.3. The molecule has 2 aromatic carbocycles. The zero-order valence-electron chi connectivity index (χ0n) is 27.3. The van der Waals surface area contributed by atoms with Gasteiger partial charge in [0.1, 0.15) is 23.2 Å². The van der Waals surface area contributed by atoms with E-state index in [9.17, 15) is 18.8 Å². The van der Waals surface area contributed by atoms with E-state index in [-0.39, 0.29) is 48.9 Å². The van der Waals surface area contributed by atoms with Crippen LogP contribution in [0.3, 0.4) is 0 Å². The molecule has 0 bridgehead atoms. The quantitative estimate of drug-likeness (QED) is 0.289. The lowest BCUT2D eigenvalue weighted by atomic mass is 9.93. The summed E-state index contributed by atoms with van der Waals surface area (Å²) >= 11 is 0. The van der Waals surface area contributed by atoms with Crippen molar-refractivity contribution < 1.29 is 33.0 Å². The second-order valence-electron chi connectivity index (χ2n) is 12.8. The molecule has 0 saturated heterocycles. The maximum Gasteiger partial charge on any atom is 0.332 e. The van der Waals surface area contributed by atoms with Gasteiger partial charge in [0.2, 0.25) is 17.7 Å². The normalized spacial score (nSPS) is 26.2. The number of ether oxygens (including phenoxy) is 3. The van der Waals surface area contributed by atoms with E-state index in [0.717, 1.165) is 24.8 Å². The van der Waals surface area contributed by atoms with Gasteiger partial charge in [0, 0.05) is 30.6 Å².